The van der Waals surface area contributed by atoms with Crippen LogP contribution in [0, 0.1) is 0 Å². The molecule has 1 atom stereocenters. The summed E-state index contributed by atoms with van der Waals surface area (Å²) in [5, 5.41) is 0. The average molecular weight is 363 g/mol. The Bertz CT molecular complexity index is 657. The minimum absolute atomic E-state index is 0.0319. The molecule has 0 aliphatic carbocycles. The van der Waals surface area contributed by atoms with Crippen molar-refractivity contribution in [3.05, 3.63) is 35.4 Å². The number of rotatable bonds is 4. The van der Waals surface area contributed by atoms with Crippen molar-refractivity contribution in [2.45, 2.75) is 38.6 Å². The molecule has 0 aromatic heterocycles. The number of methoxy groups -OCH3 is 1. The first-order valence-corrected chi connectivity index (χ1v) is 9.54. The number of hydrogen-bond acceptors (Lipinski definition) is 5. The highest BCUT2D eigenvalue weighted by Gasteiger charge is 2.34. The topological polar surface area (TPSA) is 32.8 Å². The van der Waals surface area contributed by atoms with E-state index in [0.29, 0.717) is 10.4 Å². The number of anilines is 1. The van der Waals surface area contributed by atoms with Crippen LogP contribution in [0.2, 0.25) is 0 Å². The van der Waals surface area contributed by atoms with E-state index in [1.807, 2.05) is 30.5 Å². The van der Waals surface area contributed by atoms with Crippen LogP contribution in [0.3, 0.4) is 0 Å². The van der Waals surface area contributed by atoms with Crippen LogP contribution in [0.25, 0.3) is 0 Å². The summed E-state index contributed by atoms with van der Waals surface area (Å²) in [6.07, 6.45) is 6.79. The standard InChI is InChI=1S/C18H22N2O2S2/c1-3-13-6-4-5-11-19(13)12-16-17(21)20(18(23)24-16)14-7-9-15(22-2)10-8-14/h7-10,12-13H,3-6,11H2,1-2H3. The van der Waals surface area contributed by atoms with Crippen molar-refractivity contribution >= 4 is 39.9 Å². The molecule has 2 heterocycles. The number of carbonyl (C=O) groups excluding carboxylic acids is 1. The molecule has 1 aromatic rings. The second-order valence-electron chi connectivity index (χ2n) is 6.00. The van der Waals surface area contributed by atoms with Crippen LogP contribution in [0.1, 0.15) is 32.6 Å². The Kier molecular flexibility index (Phi) is 5.46. The molecule has 2 aliphatic rings. The summed E-state index contributed by atoms with van der Waals surface area (Å²) in [5.74, 6) is 0.731. The fraction of sp³-hybridized carbons (Fsp3) is 0.444. The van der Waals surface area contributed by atoms with Gasteiger partial charge in [-0.25, -0.2) is 0 Å². The summed E-state index contributed by atoms with van der Waals surface area (Å²) in [6, 6.07) is 7.94. The van der Waals surface area contributed by atoms with Crippen molar-refractivity contribution in [2.75, 3.05) is 18.6 Å². The fourth-order valence-corrected chi connectivity index (χ4v) is 4.49. The van der Waals surface area contributed by atoms with Gasteiger partial charge in [0.05, 0.1) is 17.7 Å². The zero-order chi connectivity index (χ0) is 17.1. The second kappa shape index (κ2) is 7.57. The van der Waals surface area contributed by atoms with Gasteiger partial charge in [0.15, 0.2) is 4.32 Å². The van der Waals surface area contributed by atoms with E-state index in [1.165, 1.54) is 31.0 Å². The van der Waals surface area contributed by atoms with Gasteiger partial charge in [0, 0.05) is 18.8 Å². The van der Waals surface area contributed by atoms with Gasteiger partial charge in [-0.05, 0) is 49.9 Å². The Morgan fingerprint density at radius 2 is 2.08 bits per heavy atom. The second-order valence-corrected chi connectivity index (χ2v) is 7.67. The van der Waals surface area contributed by atoms with Crippen molar-refractivity contribution in [3.63, 3.8) is 0 Å². The van der Waals surface area contributed by atoms with Crippen LogP contribution in [0.15, 0.2) is 35.4 Å². The van der Waals surface area contributed by atoms with Crippen LogP contribution in [-0.2, 0) is 4.79 Å². The minimum Gasteiger partial charge on any atom is -0.497 e. The third-order valence-corrected chi connectivity index (χ3v) is 5.84. The molecule has 128 valence electrons. The molecule has 4 nitrogen and oxygen atoms in total. The molecule has 3 rings (SSSR count). The highest BCUT2D eigenvalue weighted by atomic mass is 32.2. The maximum absolute atomic E-state index is 12.8. The van der Waals surface area contributed by atoms with Crippen LogP contribution >= 0.6 is 24.0 Å². The van der Waals surface area contributed by atoms with E-state index in [0.717, 1.165) is 29.3 Å². The molecule has 1 unspecified atom stereocenters. The largest absolute Gasteiger partial charge is 0.497 e. The predicted octanol–water partition coefficient (Wildman–Crippen LogP) is 4.17. The Balaban J connectivity index is 1.81. The Morgan fingerprint density at radius 3 is 2.75 bits per heavy atom. The van der Waals surface area contributed by atoms with Gasteiger partial charge in [-0.1, -0.05) is 30.9 Å². The van der Waals surface area contributed by atoms with Gasteiger partial charge in [-0.3, -0.25) is 9.69 Å². The number of carbonyl (C=O) groups is 1. The van der Waals surface area contributed by atoms with E-state index in [4.69, 9.17) is 17.0 Å². The highest BCUT2D eigenvalue weighted by molar-refractivity contribution is 8.27. The van der Waals surface area contributed by atoms with E-state index in [2.05, 4.69) is 11.8 Å². The smallest absolute Gasteiger partial charge is 0.272 e. The van der Waals surface area contributed by atoms with Crippen molar-refractivity contribution in [1.29, 1.82) is 0 Å². The van der Waals surface area contributed by atoms with Gasteiger partial charge in [0.25, 0.3) is 5.91 Å². The molecule has 0 bridgehead atoms. The van der Waals surface area contributed by atoms with E-state index >= 15 is 0 Å². The lowest BCUT2D eigenvalue weighted by Gasteiger charge is -2.34. The van der Waals surface area contributed by atoms with Crippen LogP contribution < -0.4 is 9.64 Å². The van der Waals surface area contributed by atoms with Gasteiger partial charge in [-0.15, -0.1) is 0 Å². The SMILES string of the molecule is CCC1CCCCN1C=C1SC(=S)N(c2ccc(OC)cc2)C1=O. The van der Waals surface area contributed by atoms with Crippen LogP contribution in [-0.4, -0.2) is 34.8 Å². The van der Waals surface area contributed by atoms with Gasteiger partial charge in [0.2, 0.25) is 0 Å². The number of amides is 1. The molecule has 1 amide bonds. The van der Waals surface area contributed by atoms with Crippen molar-refractivity contribution in [3.8, 4) is 5.75 Å². The predicted molar refractivity (Wildman–Crippen MR) is 103 cm³/mol. The summed E-state index contributed by atoms with van der Waals surface area (Å²) in [7, 11) is 1.63. The van der Waals surface area contributed by atoms with Crippen LogP contribution in [0.4, 0.5) is 5.69 Å². The van der Waals surface area contributed by atoms with Crippen molar-refractivity contribution in [2.24, 2.45) is 0 Å². The van der Waals surface area contributed by atoms with Crippen LogP contribution in [0.5, 0.6) is 5.75 Å². The molecule has 6 heteroatoms. The molecule has 2 fully saturated rings. The van der Waals surface area contributed by atoms with Gasteiger partial charge in [-0.2, -0.15) is 0 Å². The summed E-state index contributed by atoms with van der Waals surface area (Å²) in [6.45, 7) is 3.23. The number of likely N-dealkylation sites (tertiary alicyclic amines) is 1. The Hall–Kier alpha value is -1.53. The van der Waals surface area contributed by atoms with Gasteiger partial charge < -0.3 is 9.64 Å². The fourth-order valence-electron chi connectivity index (χ4n) is 3.19. The lowest BCUT2D eigenvalue weighted by Crippen LogP contribution is -2.35. The van der Waals surface area contributed by atoms with E-state index < -0.39 is 0 Å². The number of nitrogens with zero attached hydrogens (tertiary/aromatic N) is 2. The molecule has 2 saturated heterocycles. The molecule has 0 saturated carbocycles. The van der Waals surface area contributed by atoms with E-state index in [-0.39, 0.29) is 5.91 Å². The molecule has 1 aromatic carbocycles. The number of hydrogen-bond donors (Lipinski definition) is 0. The third-order valence-electron chi connectivity index (χ3n) is 4.55. The number of ether oxygens (including phenoxy) is 1. The Labute approximate surface area is 152 Å². The van der Waals surface area contributed by atoms with Gasteiger partial charge in [0.1, 0.15) is 5.75 Å². The maximum Gasteiger partial charge on any atom is 0.272 e. The summed E-state index contributed by atoms with van der Waals surface area (Å²) in [5.41, 5.74) is 0.785. The van der Waals surface area contributed by atoms with Crippen molar-refractivity contribution < 1.29 is 9.53 Å². The number of benzene rings is 1. The first-order chi connectivity index (χ1) is 11.6. The third kappa shape index (κ3) is 3.44. The molecule has 24 heavy (non-hydrogen) atoms. The molecule has 0 spiro atoms. The summed E-state index contributed by atoms with van der Waals surface area (Å²) >= 11 is 6.83. The molecular weight excluding hydrogens is 340 g/mol. The maximum atomic E-state index is 12.8. The number of thioether (sulfide) groups is 1. The van der Waals surface area contributed by atoms with Crippen molar-refractivity contribution in [1.82, 2.24) is 4.90 Å². The lowest BCUT2D eigenvalue weighted by molar-refractivity contribution is -0.113. The molecular formula is C18H22N2O2S2. The zero-order valence-corrected chi connectivity index (χ0v) is 15.7. The van der Waals surface area contributed by atoms with E-state index in [1.54, 1.807) is 12.0 Å². The number of piperidine rings is 1. The Morgan fingerprint density at radius 1 is 1.33 bits per heavy atom. The quantitative estimate of drug-likeness (QED) is 0.593. The molecule has 2 aliphatic heterocycles. The number of thiocarbonyl (C=S) groups is 1. The average Bonchev–Trinajstić information content (AvgIpc) is 2.89. The monoisotopic (exact) mass is 362 g/mol. The summed E-state index contributed by atoms with van der Waals surface area (Å²) < 4.78 is 5.76. The first kappa shape index (κ1) is 17.3. The normalized spacial score (nSPS) is 23.2. The minimum atomic E-state index is -0.0319. The molecule has 0 N–H and O–H groups in total. The zero-order valence-electron chi connectivity index (χ0n) is 14.0. The van der Waals surface area contributed by atoms with E-state index in [9.17, 15) is 4.79 Å². The lowest BCUT2D eigenvalue weighted by atomic mass is 10.0. The highest BCUT2D eigenvalue weighted by Crippen LogP contribution is 2.36. The molecule has 0 radical (unpaired) electrons. The summed E-state index contributed by atoms with van der Waals surface area (Å²) in [4.78, 5) is 17.5. The first-order valence-electron chi connectivity index (χ1n) is 8.32. The van der Waals surface area contributed by atoms with Gasteiger partial charge >= 0.3 is 0 Å².